The van der Waals surface area contributed by atoms with Crippen LogP contribution in [0.3, 0.4) is 0 Å². The number of hydrogen-bond donors (Lipinski definition) is 2. The molecule has 1 aromatic carbocycles. The number of amides is 1. The van der Waals surface area contributed by atoms with Crippen LogP contribution in [-0.4, -0.2) is 18.1 Å². The first-order valence-electron chi connectivity index (χ1n) is 4.81. The lowest BCUT2D eigenvalue weighted by Gasteiger charge is -2.12. The highest BCUT2D eigenvalue weighted by molar-refractivity contribution is 6.42. The smallest absolute Gasteiger partial charge is 0.354 e. The van der Waals surface area contributed by atoms with E-state index in [4.69, 9.17) is 22.1 Å². The summed E-state index contributed by atoms with van der Waals surface area (Å²) in [5.41, 5.74) is 5.99. The van der Waals surface area contributed by atoms with E-state index in [1.54, 1.807) is 30.3 Å². The van der Waals surface area contributed by atoms with Crippen LogP contribution >= 0.6 is 11.6 Å². The molecule has 88 valence electrons. The number of rotatable bonds is 2. The minimum atomic E-state index is -0.997. The topological polar surface area (TPSA) is 81.4 Å². The largest absolute Gasteiger partial charge is 0.431 e. The number of esters is 1. The summed E-state index contributed by atoms with van der Waals surface area (Å²) in [5, 5.41) is 2.27. The molecule has 0 aliphatic carbocycles. The Hall–Kier alpha value is -2.01. The maximum Gasteiger partial charge on any atom is 0.354 e. The predicted octanol–water partition coefficient (Wildman–Crippen LogP) is 0.708. The number of nitrogens with one attached hydrogen (secondary N) is 1. The second-order valence-corrected chi connectivity index (χ2v) is 3.77. The summed E-state index contributed by atoms with van der Waals surface area (Å²) < 4.78 is 4.78. The van der Waals surface area contributed by atoms with E-state index in [2.05, 4.69) is 5.32 Å². The van der Waals surface area contributed by atoms with Gasteiger partial charge in [-0.1, -0.05) is 29.8 Å². The van der Waals surface area contributed by atoms with Crippen molar-refractivity contribution in [2.45, 2.75) is 6.23 Å². The third kappa shape index (κ3) is 2.24. The van der Waals surface area contributed by atoms with Gasteiger partial charge in [-0.05, 0) is 12.1 Å². The highest BCUT2D eigenvalue weighted by atomic mass is 35.5. The molecule has 5 nitrogen and oxygen atoms in total. The van der Waals surface area contributed by atoms with E-state index in [0.29, 0.717) is 5.56 Å². The Morgan fingerprint density at radius 3 is 2.53 bits per heavy atom. The molecule has 1 heterocycles. The molecule has 0 aromatic heterocycles. The van der Waals surface area contributed by atoms with Gasteiger partial charge in [-0.25, -0.2) is 4.79 Å². The van der Waals surface area contributed by atoms with Crippen molar-refractivity contribution in [3.8, 4) is 0 Å². The van der Waals surface area contributed by atoms with Gasteiger partial charge in [0.1, 0.15) is 0 Å². The summed E-state index contributed by atoms with van der Waals surface area (Å²) in [6.45, 7) is 0. The number of halogens is 1. The van der Waals surface area contributed by atoms with Crippen molar-refractivity contribution in [1.82, 2.24) is 5.32 Å². The van der Waals surface area contributed by atoms with Crippen molar-refractivity contribution < 1.29 is 14.3 Å². The maximum atomic E-state index is 11.7. The van der Waals surface area contributed by atoms with Gasteiger partial charge in [0.15, 0.2) is 5.03 Å². The Morgan fingerprint density at radius 2 is 2.00 bits per heavy atom. The van der Waals surface area contributed by atoms with Gasteiger partial charge in [0, 0.05) is 5.56 Å². The average Bonchev–Trinajstić information content (AvgIpc) is 2.58. The van der Waals surface area contributed by atoms with Crippen LogP contribution in [0.25, 0.3) is 0 Å². The number of hydrogen-bond acceptors (Lipinski definition) is 4. The number of nitrogens with two attached hydrogens (primary N) is 1. The van der Waals surface area contributed by atoms with Crippen molar-refractivity contribution in [3.63, 3.8) is 0 Å². The maximum absolute atomic E-state index is 11.7. The highest BCUT2D eigenvalue weighted by Crippen LogP contribution is 2.20. The number of carbonyl (C=O) groups is 2. The van der Waals surface area contributed by atoms with E-state index >= 15 is 0 Å². The zero-order chi connectivity index (χ0) is 12.4. The molecular weight excluding hydrogens is 244 g/mol. The molecule has 0 radical (unpaired) electrons. The lowest BCUT2D eigenvalue weighted by atomic mass is 10.2. The first-order chi connectivity index (χ1) is 8.09. The van der Waals surface area contributed by atoms with Crippen LogP contribution in [0.4, 0.5) is 0 Å². The summed E-state index contributed by atoms with van der Waals surface area (Å²) in [6.07, 6.45) is -0.997. The minimum Gasteiger partial charge on any atom is -0.431 e. The molecule has 3 N–H and O–H groups in total. The summed E-state index contributed by atoms with van der Waals surface area (Å²) in [6, 6.07) is 8.50. The van der Waals surface area contributed by atoms with Gasteiger partial charge in [0.2, 0.25) is 6.23 Å². The molecule has 0 spiro atoms. The van der Waals surface area contributed by atoms with Gasteiger partial charge in [0.05, 0.1) is 5.70 Å². The third-order valence-corrected chi connectivity index (χ3v) is 2.61. The number of cyclic esters (lactones) is 1. The van der Waals surface area contributed by atoms with E-state index in [1.165, 1.54) is 0 Å². The van der Waals surface area contributed by atoms with E-state index in [1.807, 2.05) is 0 Å². The molecule has 0 saturated heterocycles. The van der Waals surface area contributed by atoms with Crippen LogP contribution < -0.4 is 11.1 Å². The first-order valence-corrected chi connectivity index (χ1v) is 5.19. The fourth-order valence-corrected chi connectivity index (χ4v) is 1.50. The molecule has 1 aliphatic heterocycles. The number of ether oxygens (including phenoxy) is 1. The normalized spacial score (nSPS) is 19.1. The monoisotopic (exact) mass is 252 g/mol. The average molecular weight is 253 g/mol. The molecule has 0 fully saturated rings. The van der Waals surface area contributed by atoms with Crippen LogP contribution in [0.15, 0.2) is 41.1 Å². The van der Waals surface area contributed by atoms with Crippen molar-refractivity contribution in [3.05, 3.63) is 46.6 Å². The molecule has 1 amide bonds. The molecule has 0 saturated carbocycles. The number of carbonyl (C=O) groups excluding carboxylic acids is 2. The van der Waals surface area contributed by atoms with Crippen LogP contribution in [-0.2, 0) is 9.53 Å². The molecule has 1 aromatic rings. The van der Waals surface area contributed by atoms with Gasteiger partial charge in [-0.3, -0.25) is 4.79 Å². The first kappa shape index (κ1) is 11.5. The van der Waals surface area contributed by atoms with Crippen LogP contribution in [0.1, 0.15) is 10.4 Å². The van der Waals surface area contributed by atoms with Crippen LogP contribution in [0.5, 0.6) is 0 Å². The molecule has 0 bridgehead atoms. The van der Waals surface area contributed by atoms with Gasteiger partial charge in [-0.2, -0.15) is 0 Å². The molecule has 0 unspecified atom stereocenters. The van der Waals surface area contributed by atoms with E-state index in [9.17, 15) is 9.59 Å². The molecule has 2 rings (SSSR count). The Morgan fingerprint density at radius 1 is 1.35 bits per heavy atom. The third-order valence-electron chi connectivity index (χ3n) is 2.24. The van der Waals surface area contributed by atoms with Gasteiger partial charge in [-0.15, -0.1) is 0 Å². The van der Waals surface area contributed by atoms with Crippen molar-refractivity contribution in [2.75, 3.05) is 0 Å². The van der Waals surface area contributed by atoms with Crippen molar-refractivity contribution >= 4 is 23.5 Å². The Bertz CT molecular complexity index is 499. The van der Waals surface area contributed by atoms with Gasteiger partial charge in [0.25, 0.3) is 5.91 Å². The molecule has 6 heteroatoms. The second kappa shape index (κ2) is 4.47. The lowest BCUT2D eigenvalue weighted by Crippen LogP contribution is -2.38. The van der Waals surface area contributed by atoms with Gasteiger partial charge < -0.3 is 15.8 Å². The van der Waals surface area contributed by atoms with Gasteiger partial charge >= 0.3 is 5.97 Å². The summed E-state index contributed by atoms with van der Waals surface area (Å²) in [7, 11) is 0. The standard InChI is InChI=1S/C11H9ClN2O3/c12-7-8(13)10(17-11(7)16)14-9(15)6-4-2-1-3-5-6/h1-5,10H,13H2,(H,14,15)/t10-/m0/s1. The lowest BCUT2D eigenvalue weighted by molar-refractivity contribution is -0.139. The Kier molecular flexibility index (Phi) is 3.01. The van der Waals surface area contributed by atoms with Crippen molar-refractivity contribution in [2.24, 2.45) is 5.73 Å². The molecule has 17 heavy (non-hydrogen) atoms. The van der Waals surface area contributed by atoms with E-state index < -0.39 is 18.1 Å². The van der Waals surface area contributed by atoms with Crippen LogP contribution in [0, 0.1) is 0 Å². The Labute approximate surface area is 102 Å². The Balaban J connectivity index is 2.09. The zero-order valence-corrected chi connectivity index (χ0v) is 9.40. The summed E-state index contributed by atoms with van der Waals surface area (Å²) >= 11 is 5.57. The quantitative estimate of drug-likeness (QED) is 0.760. The molecule has 1 atom stereocenters. The van der Waals surface area contributed by atoms with Crippen LogP contribution in [0.2, 0.25) is 0 Å². The minimum absolute atomic E-state index is 0.0148. The van der Waals surface area contributed by atoms with E-state index in [0.717, 1.165) is 0 Å². The number of benzene rings is 1. The zero-order valence-electron chi connectivity index (χ0n) is 8.64. The van der Waals surface area contributed by atoms with Crippen molar-refractivity contribution in [1.29, 1.82) is 0 Å². The fourth-order valence-electron chi connectivity index (χ4n) is 1.35. The summed E-state index contributed by atoms with van der Waals surface area (Å²) in [4.78, 5) is 22.8. The molecule has 1 aliphatic rings. The SMILES string of the molecule is NC1=C(Cl)C(=O)O[C@@H]1NC(=O)c1ccccc1. The molecular formula is C11H9ClN2O3. The predicted molar refractivity (Wildman–Crippen MR) is 60.9 cm³/mol. The van der Waals surface area contributed by atoms with E-state index in [-0.39, 0.29) is 10.7 Å². The summed E-state index contributed by atoms with van der Waals surface area (Å²) in [5.74, 6) is -1.12. The highest BCUT2D eigenvalue weighted by Gasteiger charge is 2.32. The second-order valence-electron chi connectivity index (χ2n) is 3.39. The fraction of sp³-hybridized carbons (Fsp3) is 0.0909.